The Balaban J connectivity index is 2.04. The summed E-state index contributed by atoms with van der Waals surface area (Å²) in [5.74, 6) is -0.528. The zero-order valence-electron chi connectivity index (χ0n) is 16.6. The lowest BCUT2D eigenvalue weighted by molar-refractivity contribution is -0.131. The van der Waals surface area contributed by atoms with E-state index in [1.54, 1.807) is 28.5 Å². The smallest absolute Gasteiger partial charge is 0.332 e. The summed E-state index contributed by atoms with van der Waals surface area (Å²) in [4.78, 5) is 40.6. The second-order valence-corrected chi connectivity index (χ2v) is 7.82. The Hall–Kier alpha value is -2.74. The Morgan fingerprint density at radius 3 is 2.31 bits per heavy atom. The third kappa shape index (κ3) is 4.48. The van der Waals surface area contributed by atoms with Gasteiger partial charge in [0.25, 0.3) is 5.56 Å². The normalized spacial score (nSPS) is 11.1. The first-order chi connectivity index (χ1) is 14.0. The molecule has 0 bridgehead atoms. The number of nitrogens with zero attached hydrogens (tertiary/aromatic N) is 3. The van der Waals surface area contributed by atoms with Crippen molar-refractivity contribution < 1.29 is 9.18 Å². The maximum absolute atomic E-state index is 13.2. The van der Waals surface area contributed by atoms with Gasteiger partial charge in [0.05, 0.1) is 12.1 Å². The summed E-state index contributed by atoms with van der Waals surface area (Å²) in [6, 6.07) is 7.36. The fourth-order valence-corrected chi connectivity index (χ4v) is 4.18. The van der Waals surface area contributed by atoms with E-state index in [4.69, 9.17) is 0 Å². The van der Waals surface area contributed by atoms with E-state index in [-0.39, 0.29) is 24.8 Å². The number of hydrogen-bond acceptors (Lipinski definition) is 4. The average molecular weight is 418 g/mol. The standard InChI is InChI=1S/C21H24FN3O3S/c1-3-10-23(11-4-2)18(26)14-24-17-9-12-29-19(17)20(27)25(21(24)28)13-15-5-7-16(22)8-6-15/h5-9,12H,3-4,10-11,13-14H2,1-2H3. The molecule has 0 unspecified atom stereocenters. The molecule has 0 saturated heterocycles. The van der Waals surface area contributed by atoms with Crippen molar-refractivity contribution in [3.63, 3.8) is 0 Å². The number of amides is 1. The van der Waals surface area contributed by atoms with Crippen molar-refractivity contribution in [1.29, 1.82) is 0 Å². The van der Waals surface area contributed by atoms with Gasteiger partial charge in [-0.2, -0.15) is 0 Å². The van der Waals surface area contributed by atoms with Gasteiger partial charge >= 0.3 is 5.69 Å². The lowest BCUT2D eigenvalue weighted by Gasteiger charge is -2.22. The van der Waals surface area contributed by atoms with E-state index in [0.29, 0.717) is 28.9 Å². The van der Waals surface area contributed by atoms with Gasteiger partial charge in [-0.1, -0.05) is 26.0 Å². The van der Waals surface area contributed by atoms with Crippen molar-refractivity contribution in [2.75, 3.05) is 13.1 Å². The molecule has 2 aromatic heterocycles. The van der Waals surface area contributed by atoms with E-state index in [0.717, 1.165) is 17.4 Å². The van der Waals surface area contributed by atoms with Crippen LogP contribution >= 0.6 is 11.3 Å². The number of fused-ring (bicyclic) bond motifs is 1. The molecule has 3 rings (SSSR count). The molecule has 6 nitrogen and oxygen atoms in total. The summed E-state index contributed by atoms with van der Waals surface area (Å²) in [6.45, 7) is 5.17. The monoisotopic (exact) mass is 417 g/mol. The Labute approximate surface area is 171 Å². The quantitative estimate of drug-likeness (QED) is 0.566. The number of halogens is 1. The minimum atomic E-state index is -0.536. The minimum absolute atomic E-state index is 0.0214. The van der Waals surface area contributed by atoms with Gasteiger partial charge in [0.2, 0.25) is 5.91 Å². The van der Waals surface area contributed by atoms with Crippen LogP contribution in [0.3, 0.4) is 0 Å². The van der Waals surface area contributed by atoms with Crippen molar-refractivity contribution in [3.05, 3.63) is 67.9 Å². The highest BCUT2D eigenvalue weighted by Gasteiger charge is 2.19. The molecule has 0 aliphatic heterocycles. The van der Waals surface area contributed by atoms with Gasteiger partial charge in [0.1, 0.15) is 17.1 Å². The average Bonchev–Trinajstić information content (AvgIpc) is 3.19. The van der Waals surface area contributed by atoms with E-state index < -0.39 is 11.2 Å². The van der Waals surface area contributed by atoms with Gasteiger partial charge in [-0.05, 0) is 42.0 Å². The van der Waals surface area contributed by atoms with Crippen LogP contribution in [-0.2, 0) is 17.9 Å². The lowest BCUT2D eigenvalue weighted by Crippen LogP contribution is -2.43. The number of aromatic nitrogens is 2. The summed E-state index contributed by atoms with van der Waals surface area (Å²) in [5.41, 5.74) is 0.179. The van der Waals surface area contributed by atoms with E-state index in [1.165, 1.54) is 28.0 Å². The number of carbonyl (C=O) groups excluding carboxylic acids is 1. The summed E-state index contributed by atoms with van der Waals surface area (Å²) in [6.07, 6.45) is 1.66. The second-order valence-electron chi connectivity index (χ2n) is 6.90. The minimum Gasteiger partial charge on any atom is -0.341 e. The fourth-order valence-electron chi connectivity index (χ4n) is 3.33. The zero-order valence-corrected chi connectivity index (χ0v) is 17.4. The SMILES string of the molecule is CCCN(CCC)C(=O)Cn1c(=O)n(Cc2ccc(F)cc2)c(=O)c2sccc21. The highest BCUT2D eigenvalue weighted by atomic mass is 32.1. The lowest BCUT2D eigenvalue weighted by atomic mass is 10.2. The van der Waals surface area contributed by atoms with Crippen LogP contribution in [0.4, 0.5) is 4.39 Å². The second kappa shape index (κ2) is 9.17. The van der Waals surface area contributed by atoms with Crippen LogP contribution in [-0.4, -0.2) is 33.0 Å². The first kappa shape index (κ1) is 21.0. The van der Waals surface area contributed by atoms with Crippen LogP contribution in [0, 0.1) is 5.82 Å². The maximum Gasteiger partial charge on any atom is 0.332 e. The molecular weight excluding hydrogens is 393 g/mol. The Kier molecular flexibility index (Phi) is 6.64. The van der Waals surface area contributed by atoms with Gasteiger partial charge in [0, 0.05) is 13.1 Å². The van der Waals surface area contributed by atoms with E-state index in [9.17, 15) is 18.8 Å². The predicted molar refractivity (Wildman–Crippen MR) is 113 cm³/mol. The largest absolute Gasteiger partial charge is 0.341 e. The summed E-state index contributed by atoms with van der Waals surface area (Å²) >= 11 is 1.24. The molecule has 0 saturated carbocycles. The highest BCUT2D eigenvalue weighted by Crippen LogP contribution is 2.16. The summed E-state index contributed by atoms with van der Waals surface area (Å²) in [5, 5.41) is 1.74. The molecule has 2 heterocycles. The van der Waals surface area contributed by atoms with Gasteiger partial charge in [-0.3, -0.25) is 18.7 Å². The molecule has 0 aliphatic rings. The number of rotatable bonds is 8. The fraction of sp³-hybridized carbons (Fsp3) is 0.381. The summed E-state index contributed by atoms with van der Waals surface area (Å²) < 4.78 is 16.1. The highest BCUT2D eigenvalue weighted by molar-refractivity contribution is 7.17. The van der Waals surface area contributed by atoms with Gasteiger partial charge in [-0.15, -0.1) is 11.3 Å². The van der Waals surface area contributed by atoms with Crippen molar-refractivity contribution in [2.45, 2.75) is 39.8 Å². The van der Waals surface area contributed by atoms with Crippen molar-refractivity contribution >= 4 is 27.5 Å². The van der Waals surface area contributed by atoms with Crippen LogP contribution in [0.15, 0.2) is 45.3 Å². The Morgan fingerprint density at radius 2 is 1.69 bits per heavy atom. The van der Waals surface area contributed by atoms with Crippen LogP contribution < -0.4 is 11.2 Å². The maximum atomic E-state index is 13.2. The zero-order chi connectivity index (χ0) is 21.0. The van der Waals surface area contributed by atoms with E-state index in [1.807, 2.05) is 13.8 Å². The molecule has 3 aromatic rings. The molecular formula is C21H24FN3O3S. The molecule has 0 aliphatic carbocycles. The number of hydrogen-bond donors (Lipinski definition) is 0. The van der Waals surface area contributed by atoms with Gasteiger partial charge < -0.3 is 4.90 Å². The molecule has 0 radical (unpaired) electrons. The van der Waals surface area contributed by atoms with Crippen molar-refractivity contribution in [1.82, 2.24) is 14.0 Å². The van der Waals surface area contributed by atoms with Crippen LogP contribution in [0.5, 0.6) is 0 Å². The number of carbonyl (C=O) groups is 1. The first-order valence-electron chi connectivity index (χ1n) is 9.69. The Bertz CT molecular complexity index is 1110. The predicted octanol–water partition coefficient (Wildman–Crippen LogP) is 3.06. The van der Waals surface area contributed by atoms with E-state index in [2.05, 4.69) is 0 Å². The molecule has 0 atom stereocenters. The molecule has 154 valence electrons. The molecule has 29 heavy (non-hydrogen) atoms. The molecule has 8 heteroatoms. The van der Waals surface area contributed by atoms with E-state index >= 15 is 0 Å². The topological polar surface area (TPSA) is 64.3 Å². The molecule has 1 amide bonds. The van der Waals surface area contributed by atoms with Gasteiger partial charge in [0.15, 0.2) is 0 Å². The van der Waals surface area contributed by atoms with Crippen LogP contribution in [0.25, 0.3) is 10.2 Å². The van der Waals surface area contributed by atoms with Crippen molar-refractivity contribution in [2.24, 2.45) is 0 Å². The number of benzene rings is 1. The number of thiophene rings is 1. The third-order valence-electron chi connectivity index (χ3n) is 4.72. The summed E-state index contributed by atoms with van der Waals surface area (Å²) in [7, 11) is 0. The van der Waals surface area contributed by atoms with Crippen molar-refractivity contribution in [3.8, 4) is 0 Å². The molecule has 0 N–H and O–H groups in total. The molecule has 1 aromatic carbocycles. The third-order valence-corrected chi connectivity index (χ3v) is 5.62. The first-order valence-corrected chi connectivity index (χ1v) is 10.6. The Morgan fingerprint density at radius 1 is 1.03 bits per heavy atom. The van der Waals surface area contributed by atoms with Crippen LogP contribution in [0.1, 0.15) is 32.3 Å². The van der Waals surface area contributed by atoms with Crippen LogP contribution in [0.2, 0.25) is 0 Å². The molecule has 0 spiro atoms. The molecule has 0 fully saturated rings. The van der Waals surface area contributed by atoms with Gasteiger partial charge in [-0.25, -0.2) is 9.18 Å².